The van der Waals surface area contributed by atoms with E-state index >= 15 is 0 Å². The van der Waals surface area contributed by atoms with E-state index in [1.807, 2.05) is 36.4 Å². The molecule has 1 aliphatic rings. The number of rotatable bonds is 12. The van der Waals surface area contributed by atoms with Crippen LogP contribution in [0.1, 0.15) is 70.3 Å². The first-order valence-electron chi connectivity index (χ1n) is 11.0. The second kappa shape index (κ2) is 12.8. The second-order valence-electron chi connectivity index (χ2n) is 8.39. The normalized spacial score (nSPS) is 24.7. The summed E-state index contributed by atoms with van der Waals surface area (Å²) in [4.78, 5) is 11.0. The highest BCUT2D eigenvalue weighted by atomic mass is 16.3. The minimum Gasteiger partial charge on any atom is -0.393 e. The van der Waals surface area contributed by atoms with Gasteiger partial charge in [-0.25, -0.2) is 0 Å². The summed E-state index contributed by atoms with van der Waals surface area (Å²) in [5.74, 6) is 0.364. The predicted octanol–water partition coefficient (Wildman–Crippen LogP) is 4.28. The third kappa shape index (κ3) is 8.67. The summed E-state index contributed by atoms with van der Waals surface area (Å²) in [5, 5.41) is 30.9. The number of Topliss-reactive ketones (excluding diaryl/α,β-unsaturated/α-hetero) is 1. The average molecular weight is 401 g/mol. The Balaban J connectivity index is 1.76. The highest BCUT2D eigenvalue weighted by molar-refractivity contribution is 5.75. The molecule has 1 fully saturated rings. The number of aliphatic hydroxyl groups excluding tert-OH is 3. The molecule has 0 radical (unpaired) electrons. The fourth-order valence-electron chi connectivity index (χ4n) is 4.34. The maximum absolute atomic E-state index is 11.0. The van der Waals surface area contributed by atoms with Crippen molar-refractivity contribution in [2.24, 2.45) is 11.8 Å². The van der Waals surface area contributed by atoms with Crippen LogP contribution in [0, 0.1) is 11.8 Å². The third-order valence-electron chi connectivity index (χ3n) is 5.97. The molecule has 0 aromatic heterocycles. The third-order valence-corrected chi connectivity index (χ3v) is 5.97. The molecule has 5 atom stereocenters. The molecule has 1 aliphatic carbocycles. The van der Waals surface area contributed by atoms with Gasteiger partial charge in [0, 0.05) is 6.42 Å². The van der Waals surface area contributed by atoms with E-state index in [1.54, 1.807) is 13.0 Å². The molecular formula is C25H36O4. The Morgan fingerprint density at radius 3 is 2.41 bits per heavy atom. The summed E-state index contributed by atoms with van der Waals surface area (Å²) in [6.07, 6.45) is 9.18. The molecule has 0 aliphatic heterocycles. The molecular weight excluding hydrogens is 364 g/mol. The molecule has 1 unspecified atom stereocenters. The van der Waals surface area contributed by atoms with Crippen molar-refractivity contribution in [3.63, 3.8) is 0 Å². The van der Waals surface area contributed by atoms with Crippen LogP contribution < -0.4 is 0 Å². The molecule has 0 spiro atoms. The van der Waals surface area contributed by atoms with Gasteiger partial charge < -0.3 is 20.1 Å². The van der Waals surface area contributed by atoms with Crippen LogP contribution in [0.4, 0.5) is 0 Å². The lowest BCUT2D eigenvalue weighted by atomic mass is 9.85. The summed E-state index contributed by atoms with van der Waals surface area (Å²) in [7, 11) is 0. The highest BCUT2D eigenvalue weighted by Crippen LogP contribution is 2.39. The number of hydrogen-bond acceptors (Lipinski definition) is 4. The van der Waals surface area contributed by atoms with Crippen molar-refractivity contribution in [3.8, 4) is 0 Å². The minimum absolute atomic E-state index is 0.0309. The molecule has 0 amide bonds. The van der Waals surface area contributed by atoms with E-state index < -0.39 is 18.3 Å². The molecule has 0 bridgehead atoms. The monoisotopic (exact) mass is 400 g/mol. The van der Waals surface area contributed by atoms with Crippen molar-refractivity contribution in [2.45, 2.75) is 83.0 Å². The van der Waals surface area contributed by atoms with E-state index in [0.29, 0.717) is 25.7 Å². The SMILES string of the molecule is CC(=O)CCCCCC[C@@H]1[C@@H](CCC(O)C=C=Cc2ccccc2)[C@H](O)C[C@@H]1O. The van der Waals surface area contributed by atoms with Gasteiger partial charge in [0.2, 0.25) is 0 Å². The summed E-state index contributed by atoms with van der Waals surface area (Å²) in [6, 6.07) is 9.84. The lowest BCUT2D eigenvalue weighted by Crippen LogP contribution is -2.23. The molecule has 1 aromatic rings. The van der Waals surface area contributed by atoms with Crippen LogP contribution >= 0.6 is 0 Å². The van der Waals surface area contributed by atoms with Gasteiger partial charge in [0.1, 0.15) is 5.78 Å². The number of carbonyl (C=O) groups excluding carboxylic acids is 1. The van der Waals surface area contributed by atoms with Gasteiger partial charge in [-0.2, -0.15) is 0 Å². The zero-order chi connectivity index (χ0) is 21.1. The smallest absolute Gasteiger partial charge is 0.129 e. The molecule has 160 valence electrons. The van der Waals surface area contributed by atoms with Crippen LogP contribution in [-0.2, 0) is 4.79 Å². The van der Waals surface area contributed by atoms with Crippen molar-refractivity contribution >= 4 is 11.9 Å². The average Bonchev–Trinajstić information content (AvgIpc) is 2.96. The zero-order valence-corrected chi connectivity index (χ0v) is 17.5. The highest BCUT2D eigenvalue weighted by Gasteiger charge is 2.40. The van der Waals surface area contributed by atoms with E-state index in [-0.39, 0.29) is 17.6 Å². The van der Waals surface area contributed by atoms with Crippen molar-refractivity contribution in [3.05, 3.63) is 47.7 Å². The second-order valence-corrected chi connectivity index (χ2v) is 8.39. The summed E-state index contributed by atoms with van der Waals surface area (Å²) < 4.78 is 0. The molecule has 3 N–H and O–H groups in total. The van der Waals surface area contributed by atoms with Crippen LogP contribution in [0.15, 0.2) is 42.1 Å². The Kier molecular flexibility index (Phi) is 10.4. The molecule has 0 heterocycles. The topological polar surface area (TPSA) is 77.8 Å². The van der Waals surface area contributed by atoms with Crippen molar-refractivity contribution in [2.75, 3.05) is 0 Å². The standard InChI is InChI=1S/C25H36O4/c1-19(26)10-5-2-3-8-15-22-23(25(29)18-24(22)28)17-16-21(27)14-9-13-20-11-6-4-7-12-20/h4,6-7,11-14,21-25,27-29H,2-3,5,8,10,15-18H2,1H3/t9?,21?,22-,23-,24+,25-/m1/s1. The first-order chi connectivity index (χ1) is 14.0. The molecule has 1 aromatic carbocycles. The zero-order valence-electron chi connectivity index (χ0n) is 17.5. The van der Waals surface area contributed by atoms with Crippen molar-refractivity contribution in [1.82, 2.24) is 0 Å². The number of unbranched alkanes of at least 4 members (excludes halogenated alkanes) is 3. The van der Waals surface area contributed by atoms with Gasteiger partial charge in [-0.05, 0) is 68.6 Å². The molecule has 4 nitrogen and oxygen atoms in total. The van der Waals surface area contributed by atoms with Crippen molar-refractivity contribution < 1.29 is 20.1 Å². The molecule has 1 saturated carbocycles. The summed E-state index contributed by atoms with van der Waals surface area (Å²) in [5.41, 5.74) is 4.07. The van der Waals surface area contributed by atoms with Gasteiger partial charge in [0.25, 0.3) is 0 Å². The largest absolute Gasteiger partial charge is 0.393 e. The summed E-state index contributed by atoms with van der Waals surface area (Å²) >= 11 is 0. The fraction of sp³-hybridized carbons (Fsp3) is 0.600. The van der Waals surface area contributed by atoms with E-state index in [9.17, 15) is 20.1 Å². The van der Waals surface area contributed by atoms with Gasteiger partial charge in [-0.3, -0.25) is 0 Å². The Hall–Kier alpha value is -1.71. The first-order valence-corrected chi connectivity index (χ1v) is 11.0. The molecule has 2 rings (SSSR count). The molecule has 0 saturated heterocycles. The maximum atomic E-state index is 11.0. The van der Waals surface area contributed by atoms with E-state index in [0.717, 1.165) is 37.7 Å². The van der Waals surface area contributed by atoms with Crippen molar-refractivity contribution in [1.29, 1.82) is 0 Å². The van der Waals surface area contributed by atoms with E-state index in [4.69, 9.17) is 0 Å². The Morgan fingerprint density at radius 1 is 1.07 bits per heavy atom. The number of hydrogen-bond donors (Lipinski definition) is 3. The van der Waals surface area contributed by atoms with Gasteiger partial charge in [-0.1, -0.05) is 49.6 Å². The lowest BCUT2D eigenvalue weighted by Gasteiger charge is -2.24. The van der Waals surface area contributed by atoms with Gasteiger partial charge in [0.15, 0.2) is 0 Å². The molecule has 29 heavy (non-hydrogen) atoms. The Labute approximate surface area is 175 Å². The molecule has 4 heteroatoms. The predicted molar refractivity (Wildman–Crippen MR) is 116 cm³/mol. The summed E-state index contributed by atoms with van der Waals surface area (Å²) in [6.45, 7) is 1.63. The minimum atomic E-state index is -0.605. The fourth-order valence-corrected chi connectivity index (χ4v) is 4.34. The van der Waals surface area contributed by atoms with Crippen LogP contribution in [0.25, 0.3) is 6.08 Å². The van der Waals surface area contributed by atoms with E-state index in [2.05, 4.69) is 5.73 Å². The number of benzene rings is 1. The van der Waals surface area contributed by atoms with Crippen LogP contribution in [0.2, 0.25) is 0 Å². The van der Waals surface area contributed by atoms with Gasteiger partial charge in [0.05, 0.1) is 18.3 Å². The quantitative estimate of drug-likeness (QED) is 0.361. The van der Waals surface area contributed by atoms with Crippen LogP contribution in [0.3, 0.4) is 0 Å². The first kappa shape index (κ1) is 23.6. The number of aliphatic hydroxyl groups is 3. The van der Waals surface area contributed by atoms with Crippen LogP contribution in [0.5, 0.6) is 0 Å². The lowest BCUT2D eigenvalue weighted by molar-refractivity contribution is -0.117. The van der Waals surface area contributed by atoms with E-state index in [1.165, 1.54) is 0 Å². The Morgan fingerprint density at radius 2 is 1.72 bits per heavy atom. The number of carbonyl (C=O) groups is 1. The Bertz CT molecular complexity index is 663. The van der Waals surface area contributed by atoms with Crippen LogP contribution in [-0.4, -0.2) is 39.4 Å². The number of ketones is 1. The van der Waals surface area contributed by atoms with Gasteiger partial charge in [-0.15, -0.1) is 5.73 Å². The van der Waals surface area contributed by atoms with Gasteiger partial charge >= 0.3 is 0 Å². The maximum Gasteiger partial charge on any atom is 0.129 e.